The smallest absolute Gasteiger partial charge is 0.341 e. The van der Waals surface area contributed by atoms with Crippen LogP contribution >= 0.6 is 0 Å². The minimum Gasteiger partial charge on any atom is -0.497 e. The van der Waals surface area contributed by atoms with Crippen LogP contribution in [0, 0.1) is 12.7 Å². The number of benzene rings is 2. The Kier molecular flexibility index (Phi) is 4.81. The second kappa shape index (κ2) is 6.60. The van der Waals surface area contributed by atoms with E-state index < -0.39 is 11.8 Å². The molecule has 0 fully saturated rings. The predicted molar refractivity (Wildman–Crippen MR) is 83.8 cm³/mol. The maximum absolute atomic E-state index is 14.4. The fourth-order valence-corrected chi connectivity index (χ4v) is 2.65. The van der Waals surface area contributed by atoms with Gasteiger partial charge < -0.3 is 9.47 Å². The molecule has 2 aromatic carbocycles. The van der Waals surface area contributed by atoms with Gasteiger partial charge in [-0.05, 0) is 53.8 Å². The lowest BCUT2D eigenvalue weighted by Gasteiger charge is -2.16. The number of hydrogen-bond donors (Lipinski definition) is 0. The Labute approximate surface area is 129 Å². The maximum Gasteiger partial charge on any atom is 0.341 e. The Hall–Kier alpha value is -2.36. The summed E-state index contributed by atoms with van der Waals surface area (Å²) in [5.41, 5.74) is 3.24. The van der Waals surface area contributed by atoms with Crippen LogP contribution in [0.5, 0.6) is 5.75 Å². The summed E-state index contributed by atoms with van der Waals surface area (Å²) in [6.45, 7) is 3.73. The van der Waals surface area contributed by atoms with Crippen LogP contribution in [-0.4, -0.2) is 20.2 Å². The minimum absolute atomic E-state index is 0.0108. The molecule has 2 rings (SSSR count). The van der Waals surface area contributed by atoms with Gasteiger partial charge in [-0.2, -0.15) is 0 Å². The molecule has 0 atom stereocenters. The third-order valence-electron chi connectivity index (χ3n) is 3.81. The molecule has 0 bridgehead atoms. The first-order valence-corrected chi connectivity index (χ1v) is 7.08. The first kappa shape index (κ1) is 16.0. The number of carbonyl (C=O) groups is 1. The predicted octanol–water partition coefficient (Wildman–Crippen LogP) is 4.16. The van der Waals surface area contributed by atoms with Gasteiger partial charge in [-0.3, -0.25) is 0 Å². The standard InChI is InChI=1S/C18H19FO3/c1-5-14-11(2)17(18(20)22-4)16(19)10-15(14)12-6-8-13(21-3)9-7-12/h6-10H,5H2,1-4H3. The average molecular weight is 302 g/mol. The zero-order valence-corrected chi connectivity index (χ0v) is 13.2. The van der Waals surface area contributed by atoms with Crippen LogP contribution in [0.4, 0.5) is 4.39 Å². The van der Waals surface area contributed by atoms with Crippen LogP contribution in [0.2, 0.25) is 0 Å². The van der Waals surface area contributed by atoms with E-state index in [1.807, 2.05) is 31.2 Å². The number of esters is 1. The Balaban J connectivity index is 2.63. The molecule has 0 saturated carbocycles. The zero-order valence-electron chi connectivity index (χ0n) is 13.2. The van der Waals surface area contributed by atoms with E-state index in [-0.39, 0.29) is 5.56 Å². The fraction of sp³-hybridized carbons (Fsp3) is 0.278. The van der Waals surface area contributed by atoms with Crippen molar-refractivity contribution in [2.45, 2.75) is 20.3 Å². The van der Waals surface area contributed by atoms with Gasteiger partial charge in [0.05, 0.1) is 19.8 Å². The molecule has 0 N–H and O–H groups in total. The molecule has 0 aliphatic heterocycles. The van der Waals surface area contributed by atoms with Crippen molar-refractivity contribution >= 4 is 5.97 Å². The Morgan fingerprint density at radius 3 is 2.32 bits per heavy atom. The van der Waals surface area contributed by atoms with Gasteiger partial charge in [-0.15, -0.1) is 0 Å². The maximum atomic E-state index is 14.4. The van der Waals surface area contributed by atoms with Gasteiger partial charge in [0.25, 0.3) is 0 Å². The van der Waals surface area contributed by atoms with Crippen LogP contribution in [0.25, 0.3) is 11.1 Å². The summed E-state index contributed by atoms with van der Waals surface area (Å²) in [6, 6.07) is 8.82. The highest BCUT2D eigenvalue weighted by Gasteiger charge is 2.21. The number of ether oxygens (including phenoxy) is 2. The molecule has 4 heteroatoms. The monoisotopic (exact) mass is 302 g/mol. The van der Waals surface area contributed by atoms with Crippen LogP contribution < -0.4 is 4.74 Å². The molecule has 0 radical (unpaired) electrons. The first-order valence-electron chi connectivity index (χ1n) is 7.08. The van der Waals surface area contributed by atoms with Crippen molar-refractivity contribution in [3.8, 4) is 16.9 Å². The third-order valence-corrected chi connectivity index (χ3v) is 3.81. The molecule has 0 aromatic heterocycles. The van der Waals surface area contributed by atoms with Crippen molar-refractivity contribution in [3.63, 3.8) is 0 Å². The third kappa shape index (κ3) is 2.82. The molecule has 2 aromatic rings. The van der Waals surface area contributed by atoms with E-state index >= 15 is 0 Å². The largest absolute Gasteiger partial charge is 0.497 e. The van der Waals surface area contributed by atoms with E-state index in [1.54, 1.807) is 14.0 Å². The topological polar surface area (TPSA) is 35.5 Å². The van der Waals surface area contributed by atoms with Gasteiger partial charge in [0.1, 0.15) is 11.6 Å². The highest BCUT2D eigenvalue weighted by Crippen LogP contribution is 2.32. The number of carbonyl (C=O) groups excluding carboxylic acids is 1. The van der Waals surface area contributed by atoms with Gasteiger partial charge in [-0.1, -0.05) is 19.1 Å². The molecular weight excluding hydrogens is 283 g/mol. The van der Waals surface area contributed by atoms with Gasteiger partial charge >= 0.3 is 5.97 Å². The van der Waals surface area contributed by atoms with E-state index in [9.17, 15) is 9.18 Å². The molecule has 0 spiro atoms. The second-order valence-electron chi connectivity index (χ2n) is 4.96. The number of rotatable bonds is 4. The van der Waals surface area contributed by atoms with E-state index in [4.69, 9.17) is 4.74 Å². The van der Waals surface area contributed by atoms with Crippen molar-refractivity contribution in [2.75, 3.05) is 14.2 Å². The van der Waals surface area contributed by atoms with Crippen LogP contribution in [0.1, 0.15) is 28.4 Å². The molecule has 116 valence electrons. The van der Waals surface area contributed by atoms with E-state index in [1.165, 1.54) is 13.2 Å². The zero-order chi connectivity index (χ0) is 16.3. The minimum atomic E-state index is -0.647. The van der Waals surface area contributed by atoms with Gasteiger partial charge in [-0.25, -0.2) is 9.18 Å². The summed E-state index contributed by atoms with van der Waals surface area (Å²) in [7, 11) is 2.85. The lowest BCUT2D eigenvalue weighted by molar-refractivity contribution is 0.0594. The van der Waals surface area contributed by atoms with E-state index in [0.29, 0.717) is 12.0 Å². The van der Waals surface area contributed by atoms with Crippen molar-refractivity contribution in [1.29, 1.82) is 0 Å². The normalized spacial score (nSPS) is 10.4. The van der Waals surface area contributed by atoms with E-state index in [2.05, 4.69) is 4.74 Å². The Morgan fingerprint density at radius 2 is 1.82 bits per heavy atom. The summed E-state index contributed by atoms with van der Waals surface area (Å²) >= 11 is 0. The van der Waals surface area contributed by atoms with Crippen LogP contribution in [-0.2, 0) is 11.2 Å². The molecule has 0 saturated heterocycles. The van der Waals surface area contributed by atoms with Crippen molar-refractivity contribution in [3.05, 3.63) is 52.8 Å². The van der Waals surface area contributed by atoms with Gasteiger partial charge in [0.2, 0.25) is 0 Å². The summed E-state index contributed by atoms with van der Waals surface area (Å²) in [5.74, 6) is -0.469. The summed E-state index contributed by atoms with van der Waals surface area (Å²) in [4.78, 5) is 11.8. The van der Waals surface area contributed by atoms with Crippen LogP contribution in [0.15, 0.2) is 30.3 Å². The molecule has 0 aliphatic rings. The second-order valence-corrected chi connectivity index (χ2v) is 4.96. The Bertz CT molecular complexity index is 690. The highest BCUT2D eigenvalue weighted by atomic mass is 19.1. The van der Waals surface area contributed by atoms with Gasteiger partial charge in [0, 0.05) is 0 Å². The number of methoxy groups -OCH3 is 2. The Morgan fingerprint density at radius 1 is 1.18 bits per heavy atom. The average Bonchev–Trinajstić information content (AvgIpc) is 2.54. The van der Waals surface area contributed by atoms with Crippen molar-refractivity contribution < 1.29 is 18.7 Å². The molecule has 0 amide bonds. The number of halogens is 1. The highest BCUT2D eigenvalue weighted by molar-refractivity contribution is 5.93. The quantitative estimate of drug-likeness (QED) is 0.796. The molecule has 0 heterocycles. The molecule has 0 unspecified atom stereocenters. The molecule has 22 heavy (non-hydrogen) atoms. The SMILES string of the molecule is CCc1c(-c2ccc(OC)cc2)cc(F)c(C(=O)OC)c1C. The first-order chi connectivity index (χ1) is 10.5. The summed E-state index contributed by atoms with van der Waals surface area (Å²) in [6.07, 6.45) is 0.692. The fourth-order valence-electron chi connectivity index (χ4n) is 2.65. The van der Waals surface area contributed by atoms with Crippen molar-refractivity contribution in [2.24, 2.45) is 0 Å². The summed E-state index contributed by atoms with van der Waals surface area (Å²) < 4.78 is 24.2. The van der Waals surface area contributed by atoms with Crippen LogP contribution in [0.3, 0.4) is 0 Å². The van der Waals surface area contributed by atoms with E-state index in [0.717, 1.165) is 22.4 Å². The molecular formula is C18H19FO3. The van der Waals surface area contributed by atoms with Gasteiger partial charge in [0.15, 0.2) is 0 Å². The number of hydrogen-bond acceptors (Lipinski definition) is 3. The van der Waals surface area contributed by atoms with Crippen molar-refractivity contribution in [1.82, 2.24) is 0 Å². The lowest BCUT2D eigenvalue weighted by atomic mass is 9.90. The lowest BCUT2D eigenvalue weighted by Crippen LogP contribution is -2.10. The summed E-state index contributed by atoms with van der Waals surface area (Å²) in [5, 5.41) is 0. The molecule has 3 nitrogen and oxygen atoms in total. The molecule has 0 aliphatic carbocycles.